The predicted octanol–water partition coefficient (Wildman–Crippen LogP) is 2.02. The van der Waals surface area contributed by atoms with Crippen molar-refractivity contribution in [2.45, 2.75) is 20.4 Å². The summed E-state index contributed by atoms with van der Waals surface area (Å²) >= 11 is 1.61. The number of nitrogens with one attached hydrogen (secondary N) is 1. The van der Waals surface area contributed by atoms with Gasteiger partial charge in [-0.3, -0.25) is 4.98 Å². The summed E-state index contributed by atoms with van der Waals surface area (Å²) in [4.78, 5) is 4.16. The lowest BCUT2D eigenvalue weighted by Gasteiger charge is -1.96. The fourth-order valence-corrected chi connectivity index (χ4v) is 2.14. The molecule has 0 aliphatic carbocycles. The van der Waals surface area contributed by atoms with Crippen molar-refractivity contribution in [2.75, 3.05) is 6.54 Å². The highest BCUT2D eigenvalue weighted by molar-refractivity contribution is 7.14. The Morgan fingerprint density at radius 2 is 2.19 bits per heavy atom. The molecule has 2 aromatic heterocycles. The molecule has 0 fully saturated rings. The first-order valence-corrected chi connectivity index (χ1v) is 6.06. The van der Waals surface area contributed by atoms with E-state index < -0.39 is 0 Å². The van der Waals surface area contributed by atoms with Crippen LogP contribution in [0.5, 0.6) is 0 Å². The SMILES string of the molecule is CCNCc1nnc(-c2cncc(C)c2)s1. The largest absolute Gasteiger partial charge is 0.311 e. The van der Waals surface area contributed by atoms with Gasteiger partial charge in [0.1, 0.15) is 10.0 Å². The van der Waals surface area contributed by atoms with Gasteiger partial charge in [-0.1, -0.05) is 18.3 Å². The van der Waals surface area contributed by atoms with Crippen LogP contribution < -0.4 is 5.32 Å². The molecule has 0 radical (unpaired) electrons. The first-order valence-electron chi connectivity index (χ1n) is 5.24. The summed E-state index contributed by atoms with van der Waals surface area (Å²) in [6.45, 7) is 5.83. The zero-order valence-electron chi connectivity index (χ0n) is 9.40. The summed E-state index contributed by atoms with van der Waals surface area (Å²) in [7, 11) is 0. The van der Waals surface area contributed by atoms with E-state index in [1.54, 1.807) is 11.3 Å². The van der Waals surface area contributed by atoms with E-state index in [4.69, 9.17) is 0 Å². The molecule has 0 saturated heterocycles. The molecule has 0 bridgehead atoms. The number of nitrogens with zero attached hydrogens (tertiary/aromatic N) is 3. The summed E-state index contributed by atoms with van der Waals surface area (Å²) < 4.78 is 0. The minimum Gasteiger partial charge on any atom is -0.311 e. The molecule has 0 aliphatic heterocycles. The van der Waals surface area contributed by atoms with Crippen molar-refractivity contribution in [3.8, 4) is 10.6 Å². The predicted molar refractivity (Wildman–Crippen MR) is 65.3 cm³/mol. The molecule has 2 heterocycles. The van der Waals surface area contributed by atoms with Crippen LogP contribution in [0.3, 0.4) is 0 Å². The normalized spacial score (nSPS) is 10.6. The second-order valence-electron chi connectivity index (χ2n) is 3.53. The Labute approximate surface area is 98.8 Å². The molecule has 0 aliphatic rings. The molecule has 16 heavy (non-hydrogen) atoms. The van der Waals surface area contributed by atoms with E-state index in [9.17, 15) is 0 Å². The van der Waals surface area contributed by atoms with Crippen LogP contribution in [0.4, 0.5) is 0 Å². The van der Waals surface area contributed by atoms with E-state index in [2.05, 4.69) is 33.5 Å². The van der Waals surface area contributed by atoms with Gasteiger partial charge >= 0.3 is 0 Å². The highest BCUT2D eigenvalue weighted by Crippen LogP contribution is 2.23. The van der Waals surface area contributed by atoms with Crippen molar-refractivity contribution < 1.29 is 0 Å². The Morgan fingerprint density at radius 1 is 1.31 bits per heavy atom. The molecule has 5 heteroatoms. The van der Waals surface area contributed by atoms with Gasteiger partial charge in [0.25, 0.3) is 0 Å². The number of aryl methyl sites for hydroxylation is 1. The van der Waals surface area contributed by atoms with Crippen LogP contribution in [-0.4, -0.2) is 21.7 Å². The van der Waals surface area contributed by atoms with Crippen LogP contribution in [0, 0.1) is 6.92 Å². The number of rotatable bonds is 4. The monoisotopic (exact) mass is 234 g/mol. The van der Waals surface area contributed by atoms with Crippen molar-refractivity contribution >= 4 is 11.3 Å². The third-order valence-corrected chi connectivity index (χ3v) is 3.09. The molecule has 0 saturated carbocycles. The lowest BCUT2D eigenvalue weighted by Crippen LogP contribution is -2.11. The molecule has 0 unspecified atom stereocenters. The number of hydrogen-bond acceptors (Lipinski definition) is 5. The van der Waals surface area contributed by atoms with Gasteiger partial charge in [0, 0.05) is 24.5 Å². The van der Waals surface area contributed by atoms with Gasteiger partial charge in [-0.25, -0.2) is 0 Å². The van der Waals surface area contributed by atoms with Gasteiger partial charge in [0.2, 0.25) is 0 Å². The molecule has 84 valence electrons. The average molecular weight is 234 g/mol. The number of pyridine rings is 1. The molecule has 0 spiro atoms. The molecule has 0 atom stereocenters. The Balaban J connectivity index is 2.18. The first-order chi connectivity index (χ1) is 7.79. The van der Waals surface area contributed by atoms with Crippen LogP contribution in [0.15, 0.2) is 18.5 Å². The lowest BCUT2D eigenvalue weighted by atomic mass is 10.2. The van der Waals surface area contributed by atoms with Crippen LogP contribution in [-0.2, 0) is 6.54 Å². The molecular weight excluding hydrogens is 220 g/mol. The van der Waals surface area contributed by atoms with Crippen LogP contribution >= 0.6 is 11.3 Å². The van der Waals surface area contributed by atoms with Gasteiger partial charge in [-0.15, -0.1) is 10.2 Å². The van der Waals surface area contributed by atoms with Gasteiger partial charge in [-0.2, -0.15) is 0 Å². The van der Waals surface area contributed by atoms with E-state index in [1.807, 2.05) is 19.3 Å². The average Bonchev–Trinajstić information content (AvgIpc) is 2.75. The summed E-state index contributed by atoms with van der Waals surface area (Å²) in [6.07, 6.45) is 3.66. The quantitative estimate of drug-likeness (QED) is 0.879. The Kier molecular flexibility index (Phi) is 3.58. The zero-order chi connectivity index (χ0) is 11.4. The third-order valence-electron chi connectivity index (χ3n) is 2.11. The van der Waals surface area contributed by atoms with Crippen molar-refractivity contribution in [2.24, 2.45) is 0 Å². The number of aromatic nitrogens is 3. The fraction of sp³-hybridized carbons (Fsp3) is 0.364. The molecule has 0 amide bonds. The topological polar surface area (TPSA) is 50.7 Å². The lowest BCUT2D eigenvalue weighted by molar-refractivity contribution is 0.715. The summed E-state index contributed by atoms with van der Waals surface area (Å²) in [5.74, 6) is 0. The van der Waals surface area contributed by atoms with Gasteiger partial charge < -0.3 is 5.32 Å². The van der Waals surface area contributed by atoms with E-state index in [0.717, 1.165) is 34.2 Å². The third kappa shape index (κ3) is 2.62. The van der Waals surface area contributed by atoms with E-state index in [1.165, 1.54) is 0 Å². The van der Waals surface area contributed by atoms with E-state index in [-0.39, 0.29) is 0 Å². The Bertz CT molecular complexity index is 467. The van der Waals surface area contributed by atoms with Crippen molar-refractivity contribution in [1.82, 2.24) is 20.5 Å². The fourth-order valence-electron chi connectivity index (χ4n) is 1.35. The minimum absolute atomic E-state index is 0.785. The minimum atomic E-state index is 0.785. The molecule has 0 aromatic carbocycles. The van der Waals surface area contributed by atoms with Crippen LogP contribution in [0.1, 0.15) is 17.5 Å². The Hall–Kier alpha value is -1.33. The van der Waals surface area contributed by atoms with Crippen molar-refractivity contribution in [3.63, 3.8) is 0 Å². The van der Waals surface area contributed by atoms with Gasteiger partial charge in [0.15, 0.2) is 0 Å². The highest BCUT2D eigenvalue weighted by atomic mass is 32.1. The first kappa shape index (κ1) is 11.2. The van der Waals surface area contributed by atoms with Gasteiger partial charge in [0.05, 0.1) is 0 Å². The highest BCUT2D eigenvalue weighted by Gasteiger charge is 2.06. The van der Waals surface area contributed by atoms with Crippen LogP contribution in [0.2, 0.25) is 0 Å². The second-order valence-corrected chi connectivity index (χ2v) is 4.59. The van der Waals surface area contributed by atoms with Crippen molar-refractivity contribution in [1.29, 1.82) is 0 Å². The van der Waals surface area contributed by atoms with E-state index in [0.29, 0.717) is 0 Å². The summed E-state index contributed by atoms with van der Waals surface area (Å²) in [5.41, 5.74) is 2.18. The van der Waals surface area contributed by atoms with Gasteiger partial charge in [-0.05, 0) is 25.1 Å². The molecule has 1 N–H and O–H groups in total. The second kappa shape index (κ2) is 5.14. The smallest absolute Gasteiger partial charge is 0.149 e. The zero-order valence-corrected chi connectivity index (χ0v) is 10.2. The summed E-state index contributed by atoms with van der Waals surface area (Å²) in [6, 6.07) is 2.07. The molecule has 2 rings (SSSR count). The van der Waals surface area contributed by atoms with E-state index >= 15 is 0 Å². The maximum absolute atomic E-state index is 4.17. The molecule has 2 aromatic rings. The molecule has 4 nitrogen and oxygen atoms in total. The van der Waals surface area contributed by atoms with Crippen molar-refractivity contribution in [3.05, 3.63) is 29.0 Å². The standard InChI is InChI=1S/C11H14N4S/c1-3-12-7-10-14-15-11(16-10)9-4-8(2)5-13-6-9/h4-6,12H,3,7H2,1-2H3. The van der Waals surface area contributed by atoms with Crippen LogP contribution in [0.25, 0.3) is 10.6 Å². The summed E-state index contributed by atoms with van der Waals surface area (Å²) in [5, 5.41) is 13.5. The molecular formula is C11H14N4S. The number of hydrogen-bond donors (Lipinski definition) is 1. The Morgan fingerprint density at radius 3 is 2.94 bits per heavy atom. The maximum Gasteiger partial charge on any atom is 0.149 e. The maximum atomic E-state index is 4.17.